The van der Waals surface area contributed by atoms with Crippen molar-refractivity contribution in [1.82, 2.24) is 10.2 Å². The van der Waals surface area contributed by atoms with E-state index in [1.54, 1.807) is 23.3 Å². The van der Waals surface area contributed by atoms with Crippen LogP contribution in [0.4, 0.5) is 0 Å². The van der Waals surface area contributed by atoms with Crippen LogP contribution in [0.5, 0.6) is 0 Å². The standard InChI is InChI=1S/C16H20N2O2S.ClH/c1-17-9-10-18(2)16(20)8-7-14(19)13-11-21-15-6-4-3-5-12(13)15;/h3-6,11,17H,7-10H2,1-2H3;1H. The molecule has 0 saturated carbocycles. The van der Waals surface area contributed by atoms with Crippen molar-refractivity contribution in [3.63, 3.8) is 0 Å². The molecule has 2 aromatic rings. The van der Waals surface area contributed by atoms with Crippen molar-refractivity contribution in [3.8, 4) is 0 Å². The number of carbonyl (C=O) groups excluding carboxylic acids is 2. The molecule has 120 valence electrons. The van der Waals surface area contributed by atoms with Crippen molar-refractivity contribution in [2.45, 2.75) is 12.8 Å². The highest BCUT2D eigenvalue weighted by atomic mass is 35.5. The molecule has 1 aromatic heterocycles. The lowest BCUT2D eigenvalue weighted by Gasteiger charge is -2.16. The normalized spacial score (nSPS) is 10.3. The molecule has 0 radical (unpaired) electrons. The number of amides is 1. The molecule has 0 unspecified atom stereocenters. The highest BCUT2D eigenvalue weighted by Gasteiger charge is 2.15. The van der Waals surface area contributed by atoms with E-state index < -0.39 is 0 Å². The predicted molar refractivity (Wildman–Crippen MR) is 94.2 cm³/mol. The van der Waals surface area contributed by atoms with Crippen LogP contribution in [-0.2, 0) is 4.79 Å². The molecular weight excluding hydrogens is 320 g/mol. The number of carbonyl (C=O) groups is 2. The number of nitrogens with zero attached hydrogens (tertiary/aromatic N) is 1. The fraction of sp³-hybridized carbons (Fsp3) is 0.375. The largest absolute Gasteiger partial charge is 0.344 e. The van der Waals surface area contributed by atoms with E-state index in [0.29, 0.717) is 6.54 Å². The summed E-state index contributed by atoms with van der Waals surface area (Å²) in [5.74, 6) is 0.0564. The summed E-state index contributed by atoms with van der Waals surface area (Å²) in [7, 11) is 3.62. The first kappa shape index (κ1) is 18.6. The van der Waals surface area contributed by atoms with E-state index >= 15 is 0 Å². The van der Waals surface area contributed by atoms with Gasteiger partial charge in [-0.05, 0) is 13.1 Å². The summed E-state index contributed by atoms with van der Waals surface area (Å²) in [5.41, 5.74) is 0.737. The highest BCUT2D eigenvalue weighted by Crippen LogP contribution is 2.26. The summed E-state index contributed by atoms with van der Waals surface area (Å²) in [5, 5.41) is 5.88. The topological polar surface area (TPSA) is 49.4 Å². The van der Waals surface area contributed by atoms with E-state index in [1.165, 1.54) is 0 Å². The molecule has 2 rings (SSSR count). The minimum absolute atomic E-state index is 0. The van der Waals surface area contributed by atoms with Gasteiger partial charge in [-0.15, -0.1) is 23.7 Å². The number of thiophene rings is 1. The van der Waals surface area contributed by atoms with Crippen molar-refractivity contribution in [2.24, 2.45) is 0 Å². The number of benzene rings is 1. The van der Waals surface area contributed by atoms with Gasteiger partial charge in [0.1, 0.15) is 0 Å². The summed E-state index contributed by atoms with van der Waals surface area (Å²) >= 11 is 1.57. The van der Waals surface area contributed by atoms with Crippen LogP contribution in [0.2, 0.25) is 0 Å². The zero-order valence-corrected chi connectivity index (χ0v) is 14.4. The molecule has 6 heteroatoms. The third-order valence-electron chi connectivity index (χ3n) is 3.47. The molecular formula is C16H21ClN2O2S. The smallest absolute Gasteiger partial charge is 0.222 e. The SMILES string of the molecule is CNCCN(C)C(=O)CCC(=O)c1csc2ccccc12.Cl. The Bertz CT molecular complexity index is 642. The first-order valence-electron chi connectivity index (χ1n) is 7.01. The second kappa shape index (κ2) is 8.88. The van der Waals surface area contributed by atoms with Crippen LogP contribution >= 0.6 is 23.7 Å². The van der Waals surface area contributed by atoms with Crippen molar-refractivity contribution in [2.75, 3.05) is 27.2 Å². The Morgan fingerprint density at radius 2 is 1.95 bits per heavy atom. The average molecular weight is 341 g/mol. The summed E-state index contributed by atoms with van der Waals surface area (Å²) < 4.78 is 1.11. The lowest BCUT2D eigenvalue weighted by atomic mass is 10.1. The number of Topliss-reactive ketones (excluding diaryl/α,β-unsaturated/α-hetero) is 1. The van der Waals surface area contributed by atoms with E-state index in [1.807, 2.05) is 36.7 Å². The number of halogens is 1. The van der Waals surface area contributed by atoms with Gasteiger partial charge in [0, 0.05) is 54.0 Å². The molecule has 4 nitrogen and oxygen atoms in total. The van der Waals surface area contributed by atoms with Gasteiger partial charge in [-0.1, -0.05) is 18.2 Å². The molecule has 0 aliphatic carbocycles. The Hall–Kier alpha value is -1.43. The first-order chi connectivity index (χ1) is 10.1. The Morgan fingerprint density at radius 3 is 2.68 bits per heavy atom. The maximum Gasteiger partial charge on any atom is 0.222 e. The summed E-state index contributed by atoms with van der Waals surface area (Å²) in [4.78, 5) is 25.9. The molecule has 0 aliphatic rings. The van der Waals surface area contributed by atoms with Crippen LogP contribution in [0, 0.1) is 0 Å². The number of likely N-dealkylation sites (N-methyl/N-ethyl adjacent to an activating group) is 2. The quantitative estimate of drug-likeness (QED) is 0.788. The fourth-order valence-corrected chi connectivity index (χ4v) is 3.11. The van der Waals surface area contributed by atoms with E-state index in [4.69, 9.17) is 0 Å². The average Bonchev–Trinajstić information content (AvgIpc) is 2.93. The predicted octanol–water partition coefficient (Wildman–Crippen LogP) is 2.96. The monoisotopic (exact) mass is 340 g/mol. The van der Waals surface area contributed by atoms with Crippen molar-refractivity contribution >= 4 is 45.5 Å². The van der Waals surface area contributed by atoms with Crippen LogP contribution in [0.1, 0.15) is 23.2 Å². The molecule has 0 aliphatic heterocycles. The summed E-state index contributed by atoms with van der Waals surface area (Å²) in [6, 6.07) is 7.86. The zero-order chi connectivity index (χ0) is 15.2. The number of nitrogens with one attached hydrogen (secondary N) is 1. The van der Waals surface area contributed by atoms with Gasteiger partial charge in [-0.25, -0.2) is 0 Å². The number of ketones is 1. The molecule has 22 heavy (non-hydrogen) atoms. The third-order valence-corrected chi connectivity index (χ3v) is 4.43. The number of hydrogen-bond donors (Lipinski definition) is 1. The fourth-order valence-electron chi connectivity index (χ4n) is 2.14. The van der Waals surface area contributed by atoms with Gasteiger partial charge in [0.15, 0.2) is 5.78 Å². The minimum atomic E-state index is 0. The van der Waals surface area contributed by atoms with Gasteiger partial charge in [-0.2, -0.15) is 0 Å². The Kier molecular flexibility index (Phi) is 7.51. The molecule has 0 atom stereocenters. The maximum absolute atomic E-state index is 12.3. The van der Waals surface area contributed by atoms with Crippen LogP contribution in [0.3, 0.4) is 0 Å². The van der Waals surface area contributed by atoms with Gasteiger partial charge in [-0.3, -0.25) is 9.59 Å². The lowest BCUT2D eigenvalue weighted by Crippen LogP contribution is -2.32. The highest BCUT2D eigenvalue weighted by molar-refractivity contribution is 7.17. The number of rotatable bonds is 7. The van der Waals surface area contributed by atoms with E-state index in [0.717, 1.165) is 22.2 Å². The van der Waals surface area contributed by atoms with Crippen LogP contribution < -0.4 is 5.32 Å². The number of hydrogen-bond acceptors (Lipinski definition) is 4. The molecule has 1 N–H and O–H groups in total. The Labute approximate surface area is 140 Å². The Morgan fingerprint density at radius 1 is 1.23 bits per heavy atom. The molecule has 0 spiro atoms. The molecule has 1 heterocycles. The lowest BCUT2D eigenvalue weighted by molar-refractivity contribution is -0.129. The minimum Gasteiger partial charge on any atom is -0.344 e. The van der Waals surface area contributed by atoms with Gasteiger partial charge in [0.25, 0.3) is 0 Å². The van der Waals surface area contributed by atoms with Gasteiger partial charge < -0.3 is 10.2 Å². The third kappa shape index (κ3) is 4.53. The van der Waals surface area contributed by atoms with E-state index in [9.17, 15) is 9.59 Å². The van der Waals surface area contributed by atoms with Gasteiger partial charge >= 0.3 is 0 Å². The molecule has 0 bridgehead atoms. The van der Waals surface area contributed by atoms with Crippen molar-refractivity contribution in [1.29, 1.82) is 0 Å². The molecule has 0 fully saturated rings. The summed E-state index contributed by atoms with van der Waals surface area (Å²) in [6.45, 7) is 1.41. The maximum atomic E-state index is 12.3. The van der Waals surface area contributed by atoms with Crippen LogP contribution in [-0.4, -0.2) is 43.8 Å². The zero-order valence-electron chi connectivity index (χ0n) is 12.8. The van der Waals surface area contributed by atoms with Gasteiger partial charge in [0.05, 0.1) is 0 Å². The summed E-state index contributed by atoms with van der Waals surface area (Å²) in [6.07, 6.45) is 0.534. The van der Waals surface area contributed by atoms with E-state index in [-0.39, 0.29) is 36.9 Å². The van der Waals surface area contributed by atoms with Crippen molar-refractivity contribution in [3.05, 3.63) is 35.2 Å². The first-order valence-corrected chi connectivity index (χ1v) is 7.89. The second-order valence-corrected chi connectivity index (χ2v) is 5.90. The molecule has 1 aromatic carbocycles. The van der Waals surface area contributed by atoms with Crippen LogP contribution in [0.25, 0.3) is 10.1 Å². The molecule has 1 amide bonds. The second-order valence-electron chi connectivity index (χ2n) is 4.99. The number of fused-ring (bicyclic) bond motifs is 1. The molecule has 0 saturated heterocycles. The van der Waals surface area contributed by atoms with Gasteiger partial charge in [0.2, 0.25) is 5.91 Å². The Balaban J connectivity index is 0.00000242. The van der Waals surface area contributed by atoms with E-state index in [2.05, 4.69) is 5.32 Å². The van der Waals surface area contributed by atoms with Crippen molar-refractivity contribution < 1.29 is 9.59 Å². The van der Waals surface area contributed by atoms with Crippen LogP contribution in [0.15, 0.2) is 29.6 Å².